The van der Waals surface area contributed by atoms with Crippen LogP contribution in [-0.4, -0.2) is 5.11 Å². The number of benzene rings is 1. The van der Waals surface area contributed by atoms with E-state index in [9.17, 15) is 18.3 Å². The van der Waals surface area contributed by atoms with Gasteiger partial charge in [-0.1, -0.05) is 20.8 Å². The number of aromatic hydroxyl groups is 1. The Labute approximate surface area is 92.9 Å². The van der Waals surface area contributed by atoms with Crippen molar-refractivity contribution in [3.8, 4) is 5.75 Å². The van der Waals surface area contributed by atoms with Crippen LogP contribution in [0.4, 0.5) is 13.2 Å². The van der Waals surface area contributed by atoms with Crippen molar-refractivity contribution < 1.29 is 18.3 Å². The molecule has 16 heavy (non-hydrogen) atoms. The van der Waals surface area contributed by atoms with Gasteiger partial charge >= 0.3 is 6.18 Å². The lowest BCUT2D eigenvalue weighted by atomic mass is 9.82. The maximum atomic E-state index is 12.8. The summed E-state index contributed by atoms with van der Waals surface area (Å²) in [6.45, 7) is 6.52. The summed E-state index contributed by atoms with van der Waals surface area (Å²) >= 11 is 0. The van der Waals surface area contributed by atoms with Crippen LogP contribution in [0.2, 0.25) is 0 Å². The Morgan fingerprint density at radius 2 is 1.50 bits per heavy atom. The van der Waals surface area contributed by atoms with E-state index >= 15 is 0 Å². The Hall–Kier alpha value is -1.19. The van der Waals surface area contributed by atoms with Crippen molar-refractivity contribution in [3.05, 3.63) is 28.8 Å². The molecule has 0 aliphatic rings. The third kappa shape index (κ3) is 2.49. The van der Waals surface area contributed by atoms with Crippen LogP contribution in [0.3, 0.4) is 0 Å². The van der Waals surface area contributed by atoms with Gasteiger partial charge in [-0.25, -0.2) is 0 Å². The quantitative estimate of drug-likeness (QED) is 0.716. The van der Waals surface area contributed by atoms with Gasteiger partial charge in [0.2, 0.25) is 0 Å². The molecule has 0 radical (unpaired) electrons. The highest BCUT2D eigenvalue weighted by Crippen LogP contribution is 2.40. The number of hydrogen-bond donors (Lipinski definition) is 1. The molecule has 4 heteroatoms. The highest BCUT2D eigenvalue weighted by molar-refractivity contribution is 5.45. The minimum absolute atomic E-state index is 0.0991. The number of halogens is 3. The molecule has 1 rings (SSSR count). The Morgan fingerprint density at radius 3 is 1.88 bits per heavy atom. The van der Waals surface area contributed by atoms with Gasteiger partial charge in [0, 0.05) is 0 Å². The van der Waals surface area contributed by atoms with Crippen molar-refractivity contribution in [3.63, 3.8) is 0 Å². The molecule has 0 atom stereocenters. The molecule has 0 spiro atoms. The minimum Gasteiger partial charge on any atom is -0.508 e. The monoisotopic (exact) mass is 232 g/mol. The summed E-state index contributed by atoms with van der Waals surface area (Å²) in [5, 5.41) is 9.49. The van der Waals surface area contributed by atoms with Crippen LogP contribution in [0.25, 0.3) is 0 Å². The Bertz CT molecular complexity index is 361. The topological polar surface area (TPSA) is 20.2 Å². The van der Waals surface area contributed by atoms with Crippen molar-refractivity contribution in [2.75, 3.05) is 0 Å². The van der Waals surface area contributed by atoms with Crippen molar-refractivity contribution in [2.24, 2.45) is 0 Å². The molecule has 1 nitrogen and oxygen atoms in total. The number of phenols is 1. The van der Waals surface area contributed by atoms with Crippen LogP contribution in [0.15, 0.2) is 12.1 Å². The second-order valence-corrected chi connectivity index (χ2v) is 4.93. The van der Waals surface area contributed by atoms with Crippen LogP contribution < -0.4 is 0 Å². The molecule has 0 aromatic heterocycles. The smallest absolute Gasteiger partial charge is 0.416 e. The predicted molar refractivity (Wildman–Crippen MR) is 56.5 cm³/mol. The van der Waals surface area contributed by atoms with E-state index in [1.807, 2.05) is 0 Å². The SMILES string of the molecule is Cc1cc(C(F)(F)F)c(C(C)(C)C)cc1O. The summed E-state index contributed by atoms with van der Waals surface area (Å²) in [4.78, 5) is 0. The zero-order chi connectivity index (χ0) is 12.7. The summed E-state index contributed by atoms with van der Waals surface area (Å²) < 4.78 is 38.4. The molecule has 1 aromatic carbocycles. The maximum Gasteiger partial charge on any atom is 0.416 e. The van der Waals surface area contributed by atoms with Crippen LogP contribution in [0.5, 0.6) is 5.75 Å². The van der Waals surface area contributed by atoms with E-state index in [-0.39, 0.29) is 16.9 Å². The van der Waals surface area contributed by atoms with Gasteiger partial charge in [0.25, 0.3) is 0 Å². The van der Waals surface area contributed by atoms with Crippen molar-refractivity contribution in [2.45, 2.75) is 39.3 Å². The van der Waals surface area contributed by atoms with Crippen LogP contribution in [0, 0.1) is 6.92 Å². The largest absolute Gasteiger partial charge is 0.508 e. The first-order valence-corrected chi connectivity index (χ1v) is 4.95. The Balaban J connectivity index is 3.53. The molecular weight excluding hydrogens is 217 g/mol. The average molecular weight is 232 g/mol. The molecule has 0 heterocycles. The first-order chi connectivity index (χ1) is 7.03. The fourth-order valence-corrected chi connectivity index (χ4v) is 1.55. The summed E-state index contributed by atoms with van der Waals surface area (Å²) in [6, 6.07) is 2.20. The fourth-order valence-electron chi connectivity index (χ4n) is 1.55. The van der Waals surface area contributed by atoms with Gasteiger partial charge in [-0.05, 0) is 35.6 Å². The molecule has 90 valence electrons. The zero-order valence-electron chi connectivity index (χ0n) is 9.74. The second-order valence-electron chi connectivity index (χ2n) is 4.93. The second kappa shape index (κ2) is 3.68. The average Bonchev–Trinajstić information content (AvgIpc) is 2.05. The first-order valence-electron chi connectivity index (χ1n) is 4.95. The van der Waals surface area contributed by atoms with E-state index in [2.05, 4.69) is 0 Å². The zero-order valence-corrected chi connectivity index (χ0v) is 9.74. The predicted octanol–water partition coefficient (Wildman–Crippen LogP) is 4.02. The van der Waals surface area contributed by atoms with E-state index in [1.54, 1.807) is 20.8 Å². The van der Waals surface area contributed by atoms with Gasteiger partial charge in [0.15, 0.2) is 0 Å². The standard InChI is InChI=1S/C12H15F3O/c1-7-5-9(12(13,14)15)8(6-10(7)16)11(2,3)4/h5-6,16H,1-4H3. The molecule has 1 aromatic rings. The van der Waals surface area contributed by atoms with E-state index in [0.29, 0.717) is 0 Å². The number of aryl methyl sites for hydroxylation is 1. The first kappa shape index (κ1) is 12.9. The van der Waals surface area contributed by atoms with Crippen LogP contribution in [-0.2, 0) is 11.6 Å². The lowest BCUT2D eigenvalue weighted by molar-refractivity contribution is -0.138. The van der Waals surface area contributed by atoms with E-state index in [1.165, 1.54) is 13.0 Å². The van der Waals surface area contributed by atoms with Crippen LogP contribution >= 0.6 is 0 Å². The van der Waals surface area contributed by atoms with Crippen molar-refractivity contribution in [1.82, 2.24) is 0 Å². The molecule has 1 N–H and O–H groups in total. The van der Waals surface area contributed by atoms with Crippen LogP contribution in [0.1, 0.15) is 37.5 Å². The molecule has 0 aliphatic carbocycles. The van der Waals surface area contributed by atoms with Crippen molar-refractivity contribution >= 4 is 0 Å². The summed E-state index contributed by atoms with van der Waals surface area (Å²) in [6.07, 6.45) is -4.39. The molecule has 0 amide bonds. The highest BCUT2D eigenvalue weighted by Gasteiger charge is 2.36. The molecule has 0 aliphatic heterocycles. The number of phenolic OH excluding ortho intramolecular Hbond substituents is 1. The van der Waals surface area contributed by atoms with E-state index in [4.69, 9.17) is 0 Å². The number of hydrogen-bond acceptors (Lipinski definition) is 1. The molecule has 0 saturated carbocycles. The lowest BCUT2D eigenvalue weighted by Crippen LogP contribution is -2.19. The molecule has 0 saturated heterocycles. The Kier molecular flexibility index (Phi) is 2.96. The van der Waals surface area contributed by atoms with Gasteiger partial charge in [0.05, 0.1) is 5.56 Å². The molecular formula is C12H15F3O. The summed E-state index contributed by atoms with van der Waals surface area (Å²) in [7, 11) is 0. The van der Waals surface area contributed by atoms with E-state index < -0.39 is 17.2 Å². The van der Waals surface area contributed by atoms with Gasteiger partial charge in [-0.15, -0.1) is 0 Å². The molecule has 0 unspecified atom stereocenters. The normalized spacial score (nSPS) is 12.9. The van der Waals surface area contributed by atoms with Crippen molar-refractivity contribution in [1.29, 1.82) is 0 Å². The van der Waals surface area contributed by atoms with Gasteiger partial charge < -0.3 is 5.11 Å². The van der Waals surface area contributed by atoms with E-state index in [0.717, 1.165) is 6.07 Å². The minimum atomic E-state index is -4.39. The van der Waals surface area contributed by atoms with Gasteiger partial charge in [-0.3, -0.25) is 0 Å². The van der Waals surface area contributed by atoms with Gasteiger partial charge in [-0.2, -0.15) is 13.2 Å². The summed E-state index contributed by atoms with van der Waals surface area (Å²) in [5.41, 5.74) is -0.977. The number of rotatable bonds is 0. The fraction of sp³-hybridized carbons (Fsp3) is 0.500. The highest BCUT2D eigenvalue weighted by atomic mass is 19.4. The summed E-state index contributed by atoms with van der Waals surface area (Å²) in [5.74, 6) is -0.0991. The third-order valence-corrected chi connectivity index (χ3v) is 2.45. The lowest BCUT2D eigenvalue weighted by Gasteiger charge is -2.25. The number of alkyl halides is 3. The maximum absolute atomic E-state index is 12.8. The Morgan fingerprint density at radius 1 is 1.00 bits per heavy atom. The molecule has 0 bridgehead atoms. The molecule has 0 fully saturated rings. The third-order valence-electron chi connectivity index (χ3n) is 2.45. The van der Waals surface area contributed by atoms with Gasteiger partial charge in [0.1, 0.15) is 5.75 Å².